The average molecular weight is 298 g/mol. The lowest BCUT2D eigenvalue weighted by molar-refractivity contribution is -0.109. The number of aliphatic hydroxyl groups is 2. The molecule has 0 bridgehead atoms. The summed E-state index contributed by atoms with van der Waals surface area (Å²) in [6, 6.07) is 4.89. The lowest BCUT2D eigenvalue weighted by atomic mass is 9.97. The fraction of sp³-hybridized carbons (Fsp3) is 0.429. The molecule has 6 heteroatoms. The Balaban J connectivity index is 3.01. The van der Waals surface area contributed by atoms with Crippen LogP contribution in [0.2, 0.25) is 0 Å². The van der Waals surface area contributed by atoms with Gasteiger partial charge in [-0.2, -0.15) is 0 Å². The fourth-order valence-corrected chi connectivity index (χ4v) is 2.31. The third kappa shape index (κ3) is 4.33. The van der Waals surface area contributed by atoms with Crippen molar-refractivity contribution in [1.29, 1.82) is 0 Å². The van der Waals surface area contributed by atoms with Crippen molar-refractivity contribution in [1.82, 2.24) is 0 Å². The molecule has 2 N–H and O–H groups in total. The van der Waals surface area contributed by atoms with Crippen molar-refractivity contribution in [3.05, 3.63) is 34.9 Å². The molecule has 2 unspecified atom stereocenters. The summed E-state index contributed by atoms with van der Waals surface area (Å²) in [5.74, 6) is -0.518. The first-order valence-corrected chi connectivity index (χ1v) is 7.03. The highest BCUT2D eigenvalue weighted by molar-refractivity contribution is 8.13. The molecule has 0 aliphatic carbocycles. The van der Waals surface area contributed by atoms with E-state index in [1.807, 2.05) is 6.92 Å². The Hall–Kier alpha value is -1.37. The van der Waals surface area contributed by atoms with Crippen LogP contribution in [0.25, 0.3) is 0 Å². The largest absolute Gasteiger partial charge is 0.465 e. The van der Waals surface area contributed by atoms with Crippen molar-refractivity contribution in [3.8, 4) is 0 Å². The van der Waals surface area contributed by atoms with E-state index in [4.69, 9.17) is 0 Å². The Morgan fingerprint density at radius 3 is 2.55 bits per heavy atom. The lowest BCUT2D eigenvalue weighted by Gasteiger charge is -2.20. The van der Waals surface area contributed by atoms with Crippen LogP contribution in [-0.2, 0) is 9.53 Å². The second-order valence-electron chi connectivity index (χ2n) is 4.40. The number of aryl methyl sites for hydroxylation is 1. The second kappa shape index (κ2) is 7.42. The van der Waals surface area contributed by atoms with Crippen molar-refractivity contribution in [3.63, 3.8) is 0 Å². The number of hydrogen-bond acceptors (Lipinski definition) is 6. The minimum atomic E-state index is -1.25. The van der Waals surface area contributed by atoms with E-state index in [0.29, 0.717) is 5.56 Å². The minimum Gasteiger partial charge on any atom is -0.465 e. The molecule has 0 aliphatic heterocycles. The number of thioether (sulfide) groups is 1. The van der Waals surface area contributed by atoms with Crippen LogP contribution < -0.4 is 0 Å². The summed E-state index contributed by atoms with van der Waals surface area (Å²) in [5, 5.41) is 19.9. The van der Waals surface area contributed by atoms with Gasteiger partial charge in [0.05, 0.1) is 18.8 Å². The van der Waals surface area contributed by atoms with Gasteiger partial charge in [-0.15, -0.1) is 0 Å². The summed E-state index contributed by atoms with van der Waals surface area (Å²) in [7, 11) is 1.25. The molecule has 0 aromatic heterocycles. The van der Waals surface area contributed by atoms with Crippen LogP contribution >= 0.6 is 11.8 Å². The van der Waals surface area contributed by atoms with Crippen LogP contribution in [0.4, 0.5) is 0 Å². The van der Waals surface area contributed by atoms with Crippen LogP contribution in [0, 0.1) is 6.92 Å². The van der Waals surface area contributed by atoms with Gasteiger partial charge in [-0.25, -0.2) is 4.79 Å². The van der Waals surface area contributed by atoms with E-state index in [2.05, 4.69) is 4.74 Å². The summed E-state index contributed by atoms with van der Waals surface area (Å²) in [4.78, 5) is 22.5. The molecule has 0 radical (unpaired) electrons. The van der Waals surface area contributed by atoms with Gasteiger partial charge in [0.15, 0.2) is 5.12 Å². The Labute approximate surface area is 121 Å². The normalized spacial score (nSPS) is 13.7. The zero-order valence-electron chi connectivity index (χ0n) is 11.6. The molecule has 0 fully saturated rings. The van der Waals surface area contributed by atoms with E-state index in [1.165, 1.54) is 14.0 Å². The highest BCUT2D eigenvalue weighted by atomic mass is 32.2. The lowest BCUT2D eigenvalue weighted by Crippen LogP contribution is -2.23. The molecule has 0 spiro atoms. The van der Waals surface area contributed by atoms with Gasteiger partial charge in [-0.05, 0) is 18.6 Å². The molecular weight excluding hydrogens is 280 g/mol. The summed E-state index contributed by atoms with van der Waals surface area (Å²) >= 11 is 0.921. The smallest absolute Gasteiger partial charge is 0.338 e. The highest BCUT2D eigenvalue weighted by Crippen LogP contribution is 2.25. The van der Waals surface area contributed by atoms with Gasteiger partial charge in [0, 0.05) is 12.7 Å². The summed E-state index contributed by atoms with van der Waals surface area (Å²) in [5.41, 5.74) is 1.35. The van der Waals surface area contributed by atoms with E-state index in [9.17, 15) is 19.8 Å². The van der Waals surface area contributed by atoms with Gasteiger partial charge in [0.2, 0.25) is 0 Å². The molecule has 5 nitrogen and oxygen atoms in total. The van der Waals surface area contributed by atoms with Crippen LogP contribution in [0.3, 0.4) is 0 Å². The first-order chi connectivity index (χ1) is 9.36. The molecule has 1 aromatic carbocycles. The second-order valence-corrected chi connectivity index (χ2v) is 5.59. The number of esters is 1. The van der Waals surface area contributed by atoms with Crippen molar-refractivity contribution in [2.75, 3.05) is 12.9 Å². The van der Waals surface area contributed by atoms with Crippen LogP contribution in [0.1, 0.15) is 34.5 Å². The Bertz CT molecular complexity index is 500. The van der Waals surface area contributed by atoms with Crippen molar-refractivity contribution in [2.24, 2.45) is 0 Å². The number of methoxy groups -OCH3 is 1. The molecule has 0 aliphatic rings. The topological polar surface area (TPSA) is 83.8 Å². The Morgan fingerprint density at radius 1 is 1.35 bits per heavy atom. The zero-order chi connectivity index (χ0) is 15.3. The van der Waals surface area contributed by atoms with Crippen LogP contribution in [0.15, 0.2) is 18.2 Å². The third-order valence-electron chi connectivity index (χ3n) is 2.75. The van der Waals surface area contributed by atoms with Crippen LogP contribution in [-0.4, -0.2) is 40.3 Å². The summed E-state index contributed by atoms with van der Waals surface area (Å²) in [6.07, 6.45) is -2.40. The van der Waals surface area contributed by atoms with E-state index in [-0.39, 0.29) is 16.4 Å². The van der Waals surface area contributed by atoms with E-state index in [1.54, 1.807) is 18.2 Å². The van der Waals surface area contributed by atoms with Gasteiger partial charge >= 0.3 is 5.97 Å². The van der Waals surface area contributed by atoms with Crippen molar-refractivity contribution in [2.45, 2.75) is 26.1 Å². The molecule has 20 heavy (non-hydrogen) atoms. The number of rotatable bonds is 5. The highest BCUT2D eigenvalue weighted by Gasteiger charge is 2.24. The quantitative estimate of drug-likeness (QED) is 0.801. The number of aliphatic hydroxyl groups excluding tert-OH is 2. The van der Waals surface area contributed by atoms with Gasteiger partial charge in [-0.3, -0.25) is 4.79 Å². The summed E-state index contributed by atoms with van der Waals surface area (Å²) in [6.45, 7) is 3.20. The maximum absolute atomic E-state index is 11.7. The molecule has 0 saturated heterocycles. The molecular formula is C14H18O5S. The number of hydrogen-bond donors (Lipinski definition) is 2. The van der Waals surface area contributed by atoms with E-state index in [0.717, 1.165) is 17.3 Å². The number of ether oxygens (including phenoxy) is 1. The van der Waals surface area contributed by atoms with Crippen LogP contribution in [0.5, 0.6) is 0 Å². The summed E-state index contributed by atoms with van der Waals surface area (Å²) < 4.78 is 4.65. The number of benzene rings is 1. The number of carbonyl (C=O) groups excluding carboxylic acids is 2. The maximum atomic E-state index is 11.7. The van der Waals surface area contributed by atoms with Gasteiger partial charge < -0.3 is 14.9 Å². The molecule has 0 saturated carbocycles. The molecule has 2 atom stereocenters. The predicted molar refractivity (Wildman–Crippen MR) is 76.6 cm³/mol. The number of carbonyl (C=O) groups is 2. The first-order valence-electron chi connectivity index (χ1n) is 6.05. The Kier molecular flexibility index (Phi) is 6.19. The SMILES string of the molecule is COC(=O)c1ccc(C)cc1C(O)C(O)CSC(C)=O. The Morgan fingerprint density at radius 2 is 2.00 bits per heavy atom. The van der Waals surface area contributed by atoms with Crippen molar-refractivity contribution < 1.29 is 24.5 Å². The predicted octanol–water partition coefficient (Wildman–Crippen LogP) is 1.46. The van der Waals surface area contributed by atoms with Gasteiger partial charge in [-0.1, -0.05) is 29.5 Å². The zero-order valence-corrected chi connectivity index (χ0v) is 12.4. The van der Waals surface area contributed by atoms with Crippen molar-refractivity contribution >= 4 is 22.8 Å². The van der Waals surface area contributed by atoms with Gasteiger partial charge in [0.25, 0.3) is 0 Å². The molecule has 0 amide bonds. The molecule has 0 heterocycles. The molecule has 1 rings (SSSR count). The van der Waals surface area contributed by atoms with Gasteiger partial charge in [0.1, 0.15) is 6.10 Å². The maximum Gasteiger partial charge on any atom is 0.338 e. The monoisotopic (exact) mass is 298 g/mol. The van der Waals surface area contributed by atoms with E-state index >= 15 is 0 Å². The fourth-order valence-electron chi connectivity index (χ4n) is 1.72. The molecule has 110 valence electrons. The first kappa shape index (κ1) is 16.7. The van der Waals surface area contributed by atoms with E-state index < -0.39 is 18.2 Å². The standard InChI is InChI=1S/C14H18O5S/c1-8-4-5-10(14(18)19-3)11(6-8)13(17)12(16)7-20-9(2)15/h4-6,12-13,16-17H,7H2,1-3H3. The molecule has 1 aromatic rings. The average Bonchev–Trinajstić information content (AvgIpc) is 2.42. The minimum absolute atomic E-state index is 0.0606. The third-order valence-corrected chi connectivity index (χ3v) is 3.67.